The number of hydrogen-bond acceptors (Lipinski definition) is 5. The van der Waals surface area contributed by atoms with Crippen molar-refractivity contribution >= 4 is 11.7 Å². The van der Waals surface area contributed by atoms with E-state index in [1.165, 1.54) is 12.1 Å². The summed E-state index contributed by atoms with van der Waals surface area (Å²) in [7, 11) is 0. The van der Waals surface area contributed by atoms with E-state index in [1.807, 2.05) is 13.8 Å². The summed E-state index contributed by atoms with van der Waals surface area (Å²) in [5.41, 5.74) is 0.718. The van der Waals surface area contributed by atoms with Crippen LogP contribution in [0.4, 0.5) is 5.69 Å². The second-order valence-electron chi connectivity index (χ2n) is 5.06. The first-order valence-corrected chi connectivity index (χ1v) is 6.68. The lowest BCUT2D eigenvalue weighted by Crippen LogP contribution is -2.41. The number of ether oxygens (including phenoxy) is 1. The van der Waals surface area contributed by atoms with E-state index in [-0.39, 0.29) is 24.8 Å². The van der Waals surface area contributed by atoms with Crippen molar-refractivity contribution < 1.29 is 19.6 Å². The number of rotatable bonds is 8. The van der Waals surface area contributed by atoms with Crippen LogP contribution in [0.25, 0.3) is 0 Å². The maximum atomic E-state index is 11.1. The van der Waals surface area contributed by atoms with Gasteiger partial charge in [0.25, 0.3) is 5.69 Å². The molecule has 1 unspecified atom stereocenters. The Bertz CT molecular complexity index is 516. The number of nitrogens with one attached hydrogen (secondary N) is 1. The van der Waals surface area contributed by atoms with Gasteiger partial charge >= 0.3 is 5.97 Å². The van der Waals surface area contributed by atoms with E-state index in [2.05, 4.69) is 5.32 Å². The number of non-ortho nitro benzene ring substituents is 1. The lowest BCUT2D eigenvalue weighted by molar-refractivity contribution is -0.384. The van der Waals surface area contributed by atoms with Crippen LogP contribution in [-0.4, -0.2) is 34.7 Å². The van der Waals surface area contributed by atoms with Gasteiger partial charge in [-0.15, -0.1) is 0 Å². The molecule has 1 rings (SSSR count). The predicted octanol–water partition coefficient (Wildman–Crippen LogP) is 2.12. The van der Waals surface area contributed by atoms with Gasteiger partial charge in [-0.25, -0.2) is 0 Å². The molecule has 0 aliphatic heterocycles. The molecule has 0 amide bonds. The third-order valence-electron chi connectivity index (χ3n) is 2.88. The third-order valence-corrected chi connectivity index (χ3v) is 2.88. The van der Waals surface area contributed by atoms with Gasteiger partial charge in [-0.1, -0.05) is 13.8 Å². The molecule has 0 bridgehead atoms. The topological polar surface area (TPSA) is 102 Å². The summed E-state index contributed by atoms with van der Waals surface area (Å²) in [6.45, 7) is 5.67. The Kier molecular flexibility index (Phi) is 6.10. The zero-order valence-electron chi connectivity index (χ0n) is 12.3. The summed E-state index contributed by atoms with van der Waals surface area (Å²) in [5.74, 6) is -0.541. The van der Waals surface area contributed by atoms with Crippen molar-refractivity contribution in [1.82, 2.24) is 5.32 Å². The highest BCUT2D eigenvalue weighted by molar-refractivity contribution is 5.73. The Balaban J connectivity index is 2.64. The second-order valence-corrected chi connectivity index (χ2v) is 5.06. The minimum Gasteiger partial charge on any atom is -0.493 e. The maximum absolute atomic E-state index is 11.1. The van der Waals surface area contributed by atoms with Crippen LogP contribution in [0.1, 0.15) is 25.8 Å². The van der Waals surface area contributed by atoms with Gasteiger partial charge in [0, 0.05) is 18.5 Å². The molecule has 7 nitrogen and oxygen atoms in total. The normalized spacial score (nSPS) is 12.2. The number of hydrogen-bond donors (Lipinski definition) is 2. The summed E-state index contributed by atoms with van der Waals surface area (Å²) >= 11 is 0. The number of carboxylic acid groups (broad SMARTS) is 1. The van der Waals surface area contributed by atoms with Gasteiger partial charge in [0.15, 0.2) is 0 Å². The van der Waals surface area contributed by atoms with E-state index in [9.17, 15) is 14.9 Å². The van der Waals surface area contributed by atoms with E-state index >= 15 is 0 Å². The fourth-order valence-electron chi connectivity index (χ4n) is 1.83. The number of carbonyl (C=O) groups is 1. The smallest absolute Gasteiger partial charge is 0.320 e. The van der Waals surface area contributed by atoms with Crippen LogP contribution in [0, 0.1) is 17.0 Å². The SMILES string of the molecule is Cc1ccc([N+](=O)[O-])cc1OCCC(NC(C)C)C(=O)O. The van der Waals surface area contributed by atoms with Crippen molar-refractivity contribution in [3.05, 3.63) is 33.9 Å². The molecule has 1 atom stereocenters. The first kappa shape index (κ1) is 16.9. The van der Waals surface area contributed by atoms with Crippen LogP contribution < -0.4 is 10.1 Å². The molecule has 0 aromatic heterocycles. The number of nitro benzene ring substituents is 1. The number of nitro groups is 1. The van der Waals surface area contributed by atoms with Gasteiger partial charge in [0.1, 0.15) is 11.8 Å². The van der Waals surface area contributed by atoms with E-state index in [0.29, 0.717) is 5.75 Å². The Labute approximate surface area is 123 Å². The molecule has 0 aliphatic carbocycles. The number of carboxylic acids is 1. The van der Waals surface area contributed by atoms with E-state index < -0.39 is 16.9 Å². The molecule has 0 radical (unpaired) electrons. The largest absolute Gasteiger partial charge is 0.493 e. The van der Waals surface area contributed by atoms with Gasteiger partial charge < -0.3 is 15.2 Å². The van der Waals surface area contributed by atoms with Crippen molar-refractivity contribution in [2.45, 2.75) is 39.3 Å². The molecule has 0 heterocycles. The highest BCUT2D eigenvalue weighted by atomic mass is 16.6. The number of aliphatic carboxylic acids is 1. The maximum Gasteiger partial charge on any atom is 0.320 e. The summed E-state index contributed by atoms with van der Waals surface area (Å²) < 4.78 is 5.48. The molecule has 0 saturated carbocycles. The Morgan fingerprint density at radius 3 is 2.67 bits per heavy atom. The summed E-state index contributed by atoms with van der Waals surface area (Å²) in [4.78, 5) is 21.3. The number of aryl methyl sites for hydroxylation is 1. The number of nitrogens with zero attached hydrogens (tertiary/aromatic N) is 1. The zero-order chi connectivity index (χ0) is 16.0. The van der Waals surface area contributed by atoms with E-state index in [0.717, 1.165) is 5.56 Å². The Morgan fingerprint density at radius 1 is 1.48 bits per heavy atom. The van der Waals surface area contributed by atoms with Crippen LogP contribution in [0.5, 0.6) is 5.75 Å². The van der Waals surface area contributed by atoms with E-state index in [4.69, 9.17) is 9.84 Å². The average molecular weight is 296 g/mol. The first-order valence-electron chi connectivity index (χ1n) is 6.68. The van der Waals surface area contributed by atoms with Crippen molar-refractivity contribution in [2.24, 2.45) is 0 Å². The number of benzene rings is 1. The predicted molar refractivity (Wildman–Crippen MR) is 77.6 cm³/mol. The molecule has 7 heteroatoms. The van der Waals surface area contributed by atoms with Crippen molar-refractivity contribution in [2.75, 3.05) is 6.61 Å². The lowest BCUT2D eigenvalue weighted by atomic mass is 10.2. The van der Waals surface area contributed by atoms with Gasteiger partial charge in [0.2, 0.25) is 0 Å². The van der Waals surface area contributed by atoms with Crippen LogP contribution in [0.15, 0.2) is 18.2 Å². The van der Waals surface area contributed by atoms with Crippen LogP contribution in [-0.2, 0) is 4.79 Å². The van der Waals surface area contributed by atoms with Crippen LogP contribution >= 0.6 is 0 Å². The first-order chi connectivity index (χ1) is 9.81. The molecule has 1 aromatic rings. The molecule has 1 aromatic carbocycles. The molecule has 0 aliphatic rings. The fourth-order valence-corrected chi connectivity index (χ4v) is 1.83. The van der Waals surface area contributed by atoms with E-state index in [1.54, 1.807) is 13.0 Å². The molecule has 0 fully saturated rings. The molecular formula is C14H20N2O5. The van der Waals surface area contributed by atoms with Gasteiger partial charge in [-0.3, -0.25) is 14.9 Å². The molecule has 116 valence electrons. The van der Waals surface area contributed by atoms with Crippen LogP contribution in [0.2, 0.25) is 0 Å². The molecule has 21 heavy (non-hydrogen) atoms. The fraction of sp³-hybridized carbons (Fsp3) is 0.500. The monoisotopic (exact) mass is 296 g/mol. The van der Waals surface area contributed by atoms with Crippen molar-refractivity contribution in [3.63, 3.8) is 0 Å². The quantitative estimate of drug-likeness (QED) is 0.563. The zero-order valence-corrected chi connectivity index (χ0v) is 12.3. The lowest BCUT2D eigenvalue weighted by Gasteiger charge is -2.17. The highest BCUT2D eigenvalue weighted by Crippen LogP contribution is 2.24. The van der Waals surface area contributed by atoms with Crippen LogP contribution in [0.3, 0.4) is 0 Å². The minimum atomic E-state index is -0.942. The summed E-state index contributed by atoms with van der Waals surface area (Å²) in [6.07, 6.45) is 0.273. The van der Waals surface area contributed by atoms with Crippen molar-refractivity contribution in [1.29, 1.82) is 0 Å². The average Bonchev–Trinajstić information content (AvgIpc) is 2.38. The summed E-state index contributed by atoms with van der Waals surface area (Å²) in [5, 5.41) is 22.7. The standard InChI is InChI=1S/C14H20N2O5/c1-9(2)15-12(14(17)18)6-7-21-13-8-11(16(19)20)5-4-10(13)3/h4-5,8-9,12,15H,6-7H2,1-3H3,(H,17,18). The molecule has 0 spiro atoms. The Morgan fingerprint density at radius 2 is 2.14 bits per heavy atom. The molecule has 2 N–H and O–H groups in total. The highest BCUT2D eigenvalue weighted by Gasteiger charge is 2.18. The second kappa shape index (κ2) is 7.58. The minimum absolute atomic E-state index is 0.0469. The van der Waals surface area contributed by atoms with Crippen molar-refractivity contribution in [3.8, 4) is 5.75 Å². The Hall–Kier alpha value is -2.15. The van der Waals surface area contributed by atoms with Gasteiger partial charge in [-0.2, -0.15) is 0 Å². The van der Waals surface area contributed by atoms with Gasteiger partial charge in [-0.05, 0) is 18.6 Å². The summed E-state index contributed by atoms with van der Waals surface area (Å²) in [6, 6.07) is 3.70. The molecule has 0 saturated heterocycles. The third kappa shape index (κ3) is 5.39. The van der Waals surface area contributed by atoms with Gasteiger partial charge in [0.05, 0.1) is 17.6 Å². The molecular weight excluding hydrogens is 276 g/mol.